The van der Waals surface area contributed by atoms with Crippen molar-refractivity contribution in [1.29, 1.82) is 0 Å². The second-order valence-electron chi connectivity index (χ2n) is 4.66. The number of nitrogens with zero attached hydrogens (tertiary/aromatic N) is 1. The first-order valence-corrected chi connectivity index (χ1v) is 6.40. The second-order valence-corrected chi connectivity index (χ2v) is 4.66. The van der Waals surface area contributed by atoms with Gasteiger partial charge in [-0.3, -0.25) is 0 Å². The zero-order valence-corrected chi connectivity index (χ0v) is 10.6. The highest BCUT2D eigenvalue weighted by Crippen LogP contribution is 2.30. The first kappa shape index (κ1) is 12.2. The van der Waals surface area contributed by atoms with Crippen molar-refractivity contribution >= 4 is 0 Å². The van der Waals surface area contributed by atoms with E-state index in [4.69, 9.17) is 4.74 Å². The van der Waals surface area contributed by atoms with Crippen molar-refractivity contribution in [2.45, 2.75) is 20.3 Å². The highest BCUT2D eigenvalue weighted by atomic mass is 16.5. The van der Waals surface area contributed by atoms with Crippen LogP contribution in [0.2, 0.25) is 0 Å². The smallest absolute Gasteiger partial charge is 0.126 e. The molecular formula is C14H21NO2. The molecule has 0 spiro atoms. The molecule has 17 heavy (non-hydrogen) atoms. The molecule has 3 heteroatoms. The average Bonchev–Trinajstić information content (AvgIpc) is 2.36. The molecule has 1 unspecified atom stereocenters. The lowest BCUT2D eigenvalue weighted by atomic mass is 9.96. The first-order chi connectivity index (χ1) is 8.22. The molecule has 3 nitrogen and oxygen atoms in total. The van der Waals surface area contributed by atoms with Crippen molar-refractivity contribution in [3.63, 3.8) is 0 Å². The third-order valence-electron chi connectivity index (χ3n) is 3.44. The lowest BCUT2D eigenvalue weighted by Crippen LogP contribution is -2.34. The van der Waals surface area contributed by atoms with E-state index in [-0.39, 0.29) is 5.75 Å². The summed E-state index contributed by atoms with van der Waals surface area (Å²) in [5.74, 6) is 1.69. The Morgan fingerprint density at radius 1 is 1.35 bits per heavy atom. The minimum Gasteiger partial charge on any atom is -0.508 e. The molecule has 0 saturated carbocycles. The standard InChI is InChI=1S/C14H21NO2/c1-3-15(4-2)9-11-7-12-5-6-13(16)8-14(12)17-10-11/h5-6,8,11,16H,3-4,7,9-10H2,1-2H3. The Hall–Kier alpha value is -1.22. The van der Waals surface area contributed by atoms with Crippen LogP contribution in [-0.4, -0.2) is 36.2 Å². The van der Waals surface area contributed by atoms with Crippen LogP contribution in [0.1, 0.15) is 19.4 Å². The molecule has 1 N–H and O–H groups in total. The van der Waals surface area contributed by atoms with Crippen LogP contribution in [0.25, 0.3) is 0 Å². The highest BCUT2D eigenvalue weighted by molar-refractivity contribution is 5.41. The number of ether oxygens (including phenoxy) is 1. The van der Waals surface area contributed by atoms with Gasteiger partial charge in [0.1, 0.15) is 11.5 Å². The van der Waals surface area contributed by atoms with Gasteiger partial charge >= 0.3 is 0 Å². The van der Waals surface area contributed by atoms with Crippen molar-refractivity contribution < 1.29 is 9.84 Å². The van der Waals surface area contributed by atoms with Crippen LogP contribution < -0.4 is 4.74 Å². The van der Waals surface area contributed by atoms with Gasteiger partial charge in [0.25, 0.3) is 0 Å². The number of benzene rings is 1. The quantitative estimate of drug-likeness (QED) is 0.869. The summed E-state index contributed by atoms with van der Waals surface area (Å²) in [5.41, 5.74) is 1.21. The van der Waals surface area contributed by atoms with Crippen LogP contribution in [-0.2, 0) is 6.42 Å². The maximum Gasteiger partial charge on any atom is 0.126 e. The van der Waals surface area contributed by atoms with Crippen molar-refractivity contribution in [3.05, 3.63) is 23.8 Å². The van der Waals surface area contributed by atoms with Crippen molar-refractivity contribution in [1.82, 2.24) is 4.90 Å². The molecular weight excluding hydrogens is 214 g/mol. The van der Waals surface area contributed by atoms with Crippen molar-refractivity contribution in [3.8, 4) is 11.5 Å². The lowest BCUT2D eigenvalue weighted by Gasteiger charge is -2.29. The minimum absolute atomic E-state index is 0.283. The van der Waals surface area contributed by atoms with Gasteiger partial charge in [0.2, 0.25) is 0 Å². The van der Waals surface area contributed by atoms with Gasteiger partial charge in [0.05, 0.1) is 6.61 Å². The Morgan fingerprint density at radius 3 is 2.82 bits per heavy atom. The summed E-state index contributed by atoms with van der Waals surface area (Å²) in [7, 11) is 0. The van der Waals surface area contributed by atoms with Crippen molar-refractivity contribution in [2.24, 2.45) is 5.92 Å². The van der Waals surface area contributed by atoms with Gasteiger partial charge in [-0.2, -0.15) is 0 Å². The predicted octanol–water partition coefficient (Wildman–Crippen LogP) is 2.29. The van der Waals surface area contributed by atoms with E-state index in [1.54, 1.807) is 12.1 Å². The monoisotopic (exact) mass is 235 g/mol. The van der Waals surface area contributed by atoms with E-state index in [1.807, 2.05) is 6.07 Å². The van der Waals surface area contributed by atoms with Crippen molar-refractivity contribution in [2.75, 3.05) is 26.2 Å². The summed E-state index contributed by atoms with van der Waals surface area (Å²) in [6.07, 6.45) is 1.05. The molecule has 1 atom stereocenters. The van der Waals surface area contributed by atoms with E-state index in [2.05, 4.69) is 18.7 Å². The maximum absolute atomic E-state index is 9.39. The lowest BCUT2D eigenvalue weighted by molar-refractivity contribution is 0.167. The zero-order valence-electron chi connectivity index (χ0n) is 10.6. The Balaban J connectivity index is 2.01. The van der Waals surface area contributed by atoms with Gasteiger partial charge in [-0.05, 0) is 31.1 Å². The summed E-state index contributed by atoms with van der Waals surface area (Å²) in [5, 5.41) is 9.39. The van der Waals surface area contributed by atoms with Crippen LogP contribution in [0, 0.1) is 5.92 Å². The van der Waals surface area contributed by atoms with Crippen LogP contribution in [0.3, 0.4) is 0 Å². The molecule has 0 amide bonds. The highest BCUT2D eigenvalue weighted by Gasteiger charge is 2.21. The number of hydrogen-bond acceptors (Lipinski definition) is 3. The van der Waals surface area contributed by atoms with Gasteiger partial charge in [0, 0.05) is 18.5 Å². The summed E-state index contributed by atoms with van der Waals surface area (Å²) in [4.78, 5) is 2.43. The third kappa shape index (κ3) is 2.91. The Bertz CT molecular complexity index is 374. The van der Waals surface area contributed by atoms with Gasteiger partial charge in [0.15, 0.2) is 0 Å². The molecule has 2 rings (SSSR count). The van der Waals surface area contributed by atoms with E-state index in [1.165, 1.54) is 5.56 Å². The van der Waals surface area contributed by atoms with E-state index < -0.39 is 0 Å². The molecule has 1 aliphatic heterocycles. The molecule has 0 radical (unpaired) electrons. The average molecular weight is 235 g/mol. The fraction of sp³-hybridized carbons (Fsp3) is 0.571. The number of rotatable bonds is 4. The molecule has 0 fully saturated rings. The summed E-state index contributed by atoms with van der Waals surface area (Å²) >= 11 is 0. The van der Waals surface area contributed by atoms with Gasteiger partial charge in [-0.15, -0.1) is 0 Å². The van der Waals surface area contributed by atoms with Gasteiger partial charge < -0.3 is 14.7 Å². The summed E-state index contributed by atoms with van der Waals surface area (Å²) < 4.78 is 5.72. The normalized spacial score (nSPS) is 18.9. The largest absolute Gasteiger partial charge is 0.508 e. The van der Waals surface area contributed by atoms with Crippen LogP contribution in [0.5, 0.6) is 11.5 Å². The van der Waals surface area contributed by atoms with E-state index >= 15 is 0 Å². The molecule has 0 aromatic heterocycles. The molecule has 1 heterocycles. The first-order valence-electron chi connectivity index (χ1n) is 6.40. The van der Waals surface area contributed by atoms with Gasteiger partial charge in [-0.25, -0.2) is 0 Å². The topological polar surface area (TPSA) is 32.7 Å². The molecule has 1 aromatic rings. The number of hydrogen-bond donors (Lipinski definition) is 1. The fourth-order valence-electron chi connectivity index (χ4n) is 2.39. The second kappa shape index (κ2) is 5.41. The van der Waals surface area contributed by atoms with Crippen LogP contribution >= 0.6 is 0 Å². The number of aromatic hydroxyl groups is 1. The zero-order chi connectivity index (χ0) is 12.3. The molecule has 1 aromatic carbocycles. The Kier molecular flexibility index (Phi) is 3.89. The van der Waals surface area contributed by atoms with Crippen LogP contribution in [0.4, 0.5) is 0 Å². The fourth-order valence-corrected chi connectivity index (χ4v) is 2.39. The SMILES string of the molecule is CCN(CC)CC1COc2cc(O)ccc2C1. The van der Waals surface area contributed by atoms with Gasteiger partial charge in [-0.1, -0.05) is 19.9 Å². The van der Waals surface area contributed by atoms with E-state index in [0.717, 1.165) is 38.4 Å². The van der Waals surface area contributed by atoms with Crippen LogP contribution in [0.15, 0.2) is 18.2 Å². The van der Waals surface area contributed by atoms with E-state index in [0.29, 0.717) is 5.92 Å². The number of phenolic OH excluding ortho intramolecular Hbond substituents is 1. The Morgan fingerprint density at radius 2 is 2.12 bits per heavy atom. The Labute approximate surface area is 103 Å². The molecule has 1 aliphatic rings. The third-order valence-corrected chi connectivity index (χ3v) is 3.44. The molecule has 0 aliphatic carbocycles. The summed E-state index contributed by atoms with van der Waals surface area (Å²) in [6.45, 7) is 8.42. The number of fused-ring (bicyclic) bond motifs is 1. The predicted molar refractivity (Wildman–Crippen MR) is 68.6 cm³/mol. The maximum atomic E-state index is 9.39. The number of phenols is 1. The molecule has 0 bridgehead atoms. The van der Waals surface area contributed by atoms with E-state index in [9.17, 15) is 5.11 Å². The molecule has 0 saturated heterocycles. The minimum atomic E-state index is 0.283. The summed E-state index contributed by atoms with van der Waals surface area (Å²) in [6, 6.07) is 5.42. The molecule has 94 valence electrons.